The summed E-state index contributed by atoms with van der Waals surface area (Å²) in [6.45, 7) is 3.65. The van der Waals surface area contributed by atoms with Crippen molar-refractivity contribution < 1.29 is 4.79 Å². The second-order valence-electron chi connectivity index (χ2n) is 6.11. The van der Waals surface area contributed by atoms with E-state index in [2.05, 4.69) is 27.1 Å². The van der Waals surface area contributed by atoms with Crippen LogP contribution in [-0.4, -0.2) is 53.9 Å². The number of nitrogens with one attached hydrogen (secondary N) is 1. The zero-order valence-corrected chi connectivity index (χ0v) is 16.3. The second-order valence-corrected chi connectivity index (χ2v) is 6.11. The third-order valence-corrected chi connectivity index (χ3v) is 4.32. The molecule has 8 heteroatoms. The van der Waals surface area contributed by atoms with Gasteiger partial charge in [0.1, 0.15) is 11.9 Å². The van der Waals surface area contributed by atoms with Crippen molar-refractivity contribution in [2.75, 3.05) is 44.3 Å². The molecule has 1 atom stereocenters. The number of anilines is 2. The van der Waals surface area contributed by atoms with Gasteiger partial charge in [-0.05, 0) is 24.7 Å². The minimum atomic E-state index is -0.308. The molecule has 1 saturated heterocycles. The summed E-state index contributed by atoms with van der Waals surface area (Å²) in [6, 6.07) is 13.1. The van der Waals surface area contributed by atoms with E-state index in [1.807, 2.05) is 30.3 Å². The average molecular weight is 398 g/mol. The Balaban J connectivity index is 0.00000169. The summed E-state index contributed by atoms with van der Waals surface area (Å²) < 4.78 is 0. The van der Waals surface area contributed by atoms with Gasteiger partial charge in [-0.2, -0.15) is 0 Å². The molecule has 0 bridgehead atoms. The summed E-state index contributed by atoms with van der Waals surface area (Å²) in [7, 11) is 2.11. The molecule has 0 saturated carbocycles. The van der Waals surface area contributed by atoms with Gasteiger partial charge in [-0.1, -0.05) is 30.3 Å². The lowest BCUT2D eigenvalue weighted by molar-refractivity contribution is -0.122. The van der Waals surface area contributed by atoms with E-state index in [-0.39, 0.29) is 36.8 Å². The number of pyridine rings is 1. The van der Waals surface area contributed by atoms with Gasteiger partial charge in [0.05, 0.1) is 11.9 Å². The highest BCUT2D eigenvalue weighted by molar-refractivity contribution is 5.95. The second kappa shape index (κ2) is 10.3. The molecule has 6 nitrogen and oxygen atoms in total. The number of likely N-dealkylation sites (N-methyl/N-ethyl adjacent to an activating group) is 1. The van der Waals surface area contributed by atoms with Crippen LogP contribution in [0.25, 0.3) is 0 Å². The first-order valence-corrected chi connectivity index (χ1v) is 8.13. The molecule has 26 heavy (non-hydrogen) atoms. The maximum Gasteiger partial charge on any atom is 0.246 e. The van der Waals surface area contributed by atoms with Crippen molar-refractivity contribution >= 4 is 42.2 Å². The van der Waals surface area contributed by atoms with E-state index in [1.165, 1.54) is 0 Å². The Labute approximate surface area is 166 Å². The number of carbonyl (C=O) groups excluding carboxylic acids is 1. The van der Waals surface area contributed by atoms with Gasteiger partial charge in [0, 0.05) is 26.2 Å². The molecule has 1 aliphatic rings. The molecule has 3 N–H and O–H groups in total. The monoisotopic (exact) mass is 397 g/mol. The molecular weight excluding hydrogens is 373 g/mol. The van der Waals surface area contributed by atoms with Crippen LogP contribution in [0, 0.1) is 0 Å². The molecule has 3 rings (SSSR count). The zero-order valence-electron chi connectivity index (χ0n) is 14.7. The Morgan fingerprint density at radius 3 is 2.31 bits per heavy atom. The van der Waals surface area contributed by atoms with Crippen molar-refractivity contribution in [3.05, 3.63) is 54.2 Å². The highest BCUT2D eigenvalue weighted by Gasteiger charge is 2.29. The van der Waals surface area contributed by atoms with Crippen molar-refractivity contribution in [1.82, 2.24) is 14.8 Å². The van der Waals surface area contributed by atoms with Gasteiger partial charge >= 0.3 is 0 Å². The highest BCUT2D eigenvalue weighted by atomic mass is 35.5. The van der Waals surface area contributed by atoms with E-state index in [0.29, 0.717) is 11.5 Å². The Kier molecular flexibility index (Phi) is 8.81. The summed E-state index contributed by atoms with van der Waals surface area (Å²) in [4.78, 5) is 21.5. The van der Waals surface area contributed by atoms with E-state index in [1.54, 1.807) is 18.3 Å². The number of nitrogen functional groups attached to an aromatic ring is 1. The molecule has 0 aliphatic carbocycles. The highest BCUT2D eigenvalue weighted by Crippen LogP contribution is 2.24. The van der Waals surface area contributed by atoms with Gasteiger partial charge in [0.2, 0.25) is 5.91 Å². The first kappa shape index (κ1) is 22.2. The number of nitrogens with two attached hydrogens (primary N) is 1. The zero-order chi connectivity index (χ0) is 16.9. The molecule has 1 amide bonds. The van der Waals surface area contributed by atoms with E-state index >= 15 is 0 Å². The van der Waals surface area contributed by atoms with Crippen LogP contribution < -0.4 is 11.1 Å². The van der Waals surface area contributed by atoms with Crippen LogP contribution in [-0.2, 0) is 4.79 Å². The number of aromatic nitrogens is 1. The van der Waals surface area contributed by atoms with Crippen LogP contribution in [0.3, 0.4) is 0 Å². The van der Waals surface area contributed by atoms with Gasteiger partial charge in [-0.25, -0.2) is 4.98 Å². The lowest BCUT2D eigenvalue weighted by Gasteiger charge is -2.37. The average Bonchev–Trinajstić information content (AvgIpc) is 2.60. The third-order valence-electron chi connectivity index (χ3n) is 4.32. The summed E-state index contributed by atoms with van der Waals surface area (Å²) in [6.07, 6.45) is 1.58. The summed E-state index contributed by atoms with van der Waals surface area (Å²) in [5.41, 5.74) is 7.26. The summed E-state index contributed by atoms with van der Waals surface area (Å²) >= 11 is 0. The first-order chi connectivity index (χ1) is 11.6. The van der Waals surface area contributed by atoms with Crippen LogP contribution in [0.15, 0.2) is 48.7 Å². The van der Waals surface area contributed by atoms with E-state index in [4.69, 9.17) is 5.73 Å². The van der Waals surface area contributed by atoms with Gasteiger partial charge in [-0.3, -0.25) is 9.69 Å². The largest absolute Gasteiger partial charge is 0.384 e. The number of hydrogen-bond acceptors (Lipinski definition) is 5. The normalized spacial score (nSPS) is 16.0. The van der Waals surface area contributed by atoms with Crippen LogP contribution in [0.2, 0.25) is 0 Å². The van der Waals surface area contributed by atoms with Gasteiger partial charge in [0.15, 0.2) is 0 Å². The van der Waals surface area contributed by atoms with Crippen LogP contribution in [0.5, 0.6) is 0 Å². The fourth-order valence-electron chi connectivity index (χ4n) is 2.93. The molecular formula is C18H25Cl2N5O. The molecule has 0 radical (unpaired) electrons. The topological polar surface area (TPSA) is 74.5 Å². The Bertz CT molecular complexity index is 676. The smallest absolute Gasteiger partial charge is 0.246 e. The lowest BCUT2D eigenvalue weighted by atomic mass is 10.0. The van der Waals surface area contributed by atoms with Crippen molar-refractivity contribution in [2.45, 2.75) is 6.04 Å². The van der Waals surface area contributed by atoms with Gasteiger partial charge < -0.3 is 16.0 Å². The van der Waals surface area contributed by atoms with Crippen molar-refractivity contribution in [3.63, 3.8) is 0 Å². The Hall–Kier alpha value is -1.86. The first-order valence-electron chi connectivity index (χ1n) is 8.13. The number of piperazine rings is 1. The molecule has 1 fully saturated rings. The van der Waals surface area contributed by atoms with Gasteiger partial charge in [0.25, 0.3) is 0 Å². The molecule has 2 heterocycles. The minimum Gasteiger partial charge on any atom is -0.384 e. The van der Waals surface area contributed by atoms with E-state index in [9.17, 15) is 4.79 Å². The van der Waals surface area contributed by atoms with Gasteiger partial charge in [-0.15, -0.1) is 24.8 Å². The number of nitrogens with zero attached hydrogens (tertiary/aromatic N) is 3. The lowest BCUT2D eigenvalue weighted by Crippen LogP contribution is -2.48. The Morgan fingerprint density at radius 1 is 1.08 bits per heavy atom. The van der Waals surface area contributed by atoms with Crippen LogP contribution in [0.1, 0.15) is 11.6 Å². The molecule has 142 valence electrons. The van der Waals surface area contributed by atoms with Crippen LogP contribution in [0.4, 0.5) is 11.5 Å². The SMILES string of the molecule is CN1CCN(C(C(=O)Nc2ccc(N)nc2)c2ccccc2)CC1.Cl.Cl. The number of benzene rings is 1. The molecule has 1 aromatic carbocycles. The predicted octanol–water partition coefficient (Wildman–Crippen LogP) is 2.43. The molecule has 1 aromatic heterocycles. The Morgan fingerprint density at radius 2 is 1.73 bits per heavy atom. The van der Waals surface area contributed by atoms with Crippen molar-refractivity contribution in [3.8, 4) is 0 Å². The number of hydrogen-bond donors (Lipinski definition) is 2. The van der Waals surface area contributed by atoms with E-state index < -0.39 is 0 Å². The van der Waals surface area contributed by atoms with Crippen molar-refractivity contribution in [2.24, 2.45) is 0 Å². The maximum absolute atomic E-state index is 13.0. The fourth-order valence-corrected chi connectivity index (χ4v) is 2.93. The molecule has 1 aliphatic heterocycles. The quantitative estimate of drug-likeness (QED) is 0.828. The van der Waals surface area contributed by atoms with E-state index in [0.717, 1.165) is 31.7 Å². The third kappa shape index (κ3) is 5.57. The number of halogens is 2. The minimum absolute atomic E-state index is 0. The summed E-state index contributed by atoms with van der Waals surface area (Å²) in [5.74, 6) is 0.393. The fraction of sp³-hybridized carbons (Fsp3) is 0.333. The van der Waals surface area contributed by atoms with Crippen molar-refractivity contribution in [1.29, 1.82) is 0 Å². The maximum atomic E-state index is 13.0. The van der Waals surface area contributed by atoms with Crippen LogP contribution >= 0.6 is 24.8 Å². The number of amides is 1. The predicted molar refractivity (Wildman–Crippen MR) is 110 cm³/mol. The molecule has 1 unspecified atom stereocenters. The standard InChI is InChI=1S/C18H23N5O.2ClH/c1-22-9-11-23(12-10-22)17(14-5-3-2-4-6-14)18(24)21-15-7-8-16(19)20-13-15;;/h2-8,13,17H,9-12H2,1H3,(H2,19,20)(H,21,24);2*1H. The molecule has 0 spiro atoms. The molecule has 2 aromatic rings. The number of rotatable bonds is 4. The summed E-state index contributed by atoms with van der Waals surface area (Å²) in [5, 5.41) is 2.96. The number of carbonyl (C=O) groups is 1.